The molecule has 0 unspecified atom stereocenters. The molecule has 0 aliphatic carbocycles. The van der Waals surface area contributed by atoms with E-state index in [0.717, 1.165) is 11.4 Å². The third kappa shape index (κ3) is 2.75. The molecule has 0 bridgehead atoms. The lowest BCUT2D eigenvalue weighted by Gasteiger charge is -2.06. The summed E-state index contributed by atoms with van der Waals surface area (Å²) in [7, 11) is 0. The van der Waals surface area contributed by atoms with Crippen molar-refractivity contribution in [1.82, 2.24) is 0 Å². The number of anilines is 2. The third-order valence-electron chi connectivity index (χ3n) is 2.92. The fourth-order valence-corrected chi connectivity index (χ4v) is 1.96. The van der Waals surface area contributed by atoms with Crippen molar-refractivity contribution < 1.29 is 0 Å². The van der Waals surface area contributed by atoms with Gasteiger partial charge in [0.1, 0.15) is 0 Å². The Kier molecular flexibility index (Phi) is 3.16. The Morgan fingerprint density at radius 3 is 2.11 bits per heavy atom. The minimum Gasteiger partial charge on any atom is -0.349 e. The summed E-state index contributed by atoms with van der Waals surface area (Å²) in [5.74, 6) is 0. The number of nitrogens with one attached hydrogen (secondary N) is 1. The van der Waals surface area contributed by atoms with Gasteiger partial charge in [0.25, 0.3) is 0 Å². The van der Waals surface area contributed by atoms with Gasteiger partial charge in [-0.05, 0) is 41.5 Å². The molecule has 3 aromatic rings. The van der Waals surface area contributed by atoms with Crippen LogP contribution in [0.3, 0.4) is 0 Å². The normalized spacial score (nSPS) is 9.68. The second-order valence-electron chi connectivity index (χ2n) is 4.28. The van der Waals surface area contributed by atoms with E-state index in [1.165, 1.54) is 11.1 Å². The van der Waals surface area contributed by atoms with Gasteiger partial charge < -0.3 is 5.32 Å². The summed E-state index contributed by atoms with van der Waals surface area (Å²) >= 11 is 0. The zero-order valence-electron chi connectivity index (χ0n) is 10.4. The van der Waals surface area contributed by atoms with Gasteiger partial charge >= 0.3 is 0 Å². The van der Waals surface area contributed by atoms with E-state index in [-0.39, 0.29) is 0 Å². The maximum absolute atomic E-state index is 3.30. The largest absolute Gasteiger partial charge is 0.349 e. The van der Waals surface area contributed by atoms with Crippen LogP contribution in [-0.2, 0) is 0 Å². The van der Waals surface area contributed by atoms with Crippen molar-refractivity contribution in [3.63, 3.8) is 0 Å². The van der Waals surface area contributed by atoms with Crippen LogP contribution in [0.1, 0.15) is 0 Å². The van der Waals surface area contributed by atoms with Crippen molar-refractivity contribution in [3.8, 4) is 11.1 Å². The Bertz CT molecular complexity index is 628. The molecule has 1 heteroatoms. The van der Waals surface area contributed by atoms with E-state index < -0.39 is 0 Å². The lowest BCUT2D eigenvalue weighted by atomic mass is 10.1. The number of hydrogen-bond donors (Lipinski definition) is 1. The first-order valence-electron chi connectivity index (χ1n) is 6.23. The second-order valence-corrected chi connectivity index (χ2v) is 4.28. The Morgan fingerprint density at radius 2 is 1.42 bits per heavy atom. The summed E-state index contributed by atoms with van der Waals surface area (Å²) in [4.78, 5) is 0. The third-order valence-corrected chi connectivity index (χ3v) is 2.92. The van der Waals surface area contributed by atoms with Crippen molar-refractivity contribution in [2.24, 2.45) is 0 Å². The van der Waals surface area contributed by atoms with E-state index in [1.54, 1.807) is 0 Å². The van der Waals surface area contributed by atoms with Crippen LogP contribution in [0, 0.1) is 12.1 Å². The molecule has 0 aliphatic rings. The van der Waals surface area contributed by atoms with Crippen molar-refractivity contribution >= 4 is 11.4 Å². The average Bonchev–Trinajstić information content (AvgIpc) is 2.50. The van der Waals surface area contributed by atoms with Gasteiger partial charge in [0.15, 0.2) is 0 Å². The van der Waals surface area contributed by atoms with E-state index in [2.05, 4.69) is 66.0 Å². The number of rotatable bonds is 3. The van der Waals surface area contributed by atoms with E-state index in [4.69, 9.17) is 0 Å². The smallest absolute Gasteiger partial charge is 0.0901 e. The highest BCUT2D eigenvalue weighted by molar-refractivity contribution is 5.67. The maximum atomic E-state index is 3.30. The Morgan fingerprint density at radius 1 is 0.684 bits per heavy atom. The van der Waals surface area contributed by atoms with E-state index in [1.807, 2.05) is 24.3 Å². The van der Waals surface area contributed by atoms with Crippen LogP contribution in [0.2, 0.25) is 0 Å². The van der Waals surface area contributed by atoms with E-state index in [9.17, 15) is 0 Å². The Labute approximate surface area is 113 Å². The van der Waals surface area contributed by atoms with Gasteiger partial charge in [-0.1, -0.05) is 54.6 Å². The minimum atomic E-state index is 0.926. The minimum absolute atomic E-state index is 0.926. The molecule has 0 radical (unpaired) electrons. The molecule has 0 aromatic heterocycles. The second kappa shape index (κ2) is 5.29. The highest BCUT2D eigenvalue weighted by Crippen LogP contribution is 2.22. The molecular weight excluding hydrogens is 230 g/mol. The lowest BCUT2D eigenvalue weighted by molar-refractivity contribution is 1.55. The molecule has 0 spiro atoms. The lowest BCUT2D eigenvalue weighted by Crippen LogP contribution is -1.88. The number of benzene rings is 2. The summed E-state index contributed by atoms with van der Waals surface area (Å²) in [6.45, 7) is 0. The molecule has 1 N–H and O–H groups in total. The maximum Gasteiger partial charge on any atom is 0.0901 e. The van der Waals surface area contributed by atoms with Crippen LogP contribution in [0.15, 0.2) is 72.8 Å². The molecule has 0 saturated heterocycles. The highest BCUT2D eigenvalue weighted by Gasteiger charge is 1.97. The van der Waals surface area contributed by atoms with Crippen LogP contribution in [0.25, 0.3) is 11.1 Å². The molecule has 0 aliphatic heterocycles. The summed E-state index contributed by atoms with van der Waals surface area (Å²) in [5, 5.41) is 3.30. The van der Waals surface area contributed by atoms with Gasteiger partial charge in [-0.15, -0.1) is 0 Å². The molecule has 0 heterocycles. The van der Waals surface area contributed by atoms with Crippen molar-refractivity contribution in [3.05, 3.63) is 84.9 Å². The summed E-state index contributed by atoms with van der Waals surface area (Å²) in [6, 6.07) is 30.4. The average molecular weight is 243 g/mol. The first-order chi connectivity index (χ1) is 9.42. The molecule has 1 nitrogen and oxygen atoms in total. The van der Waals surface area contributed by atoms with Gasteiger partial charge in [0, 0.05) is 5.69 Å². The quantitative estimate of drug-likeness (QED) is 0.703. The van der Waals surface area contributed by atoms with E-state index >= 15 is 0 Å². The van der Waals surface area contributed by atoms with Crippen LogP contribution in [0.5, 0.6) is 0 Å². The van der Waals surface area contributed by atoms with Gasteiger partial charge in [0.2, 0.25) is 0 Å². The molecule has 0 fully saturated rings. The van der Waals surface area contributed by atoms with Crippen LogP contribution in [-0.4, -0.2) is 0 Å². The molecule has 3 rings (SSSR count). The monoisotopic (exact) mass is 243 g/mol. The van der Waals surface area contributed by atoms with Crippen molar-refractivity contribution in [2.75, 3.05) is 5.32 Å². The van der Waals surface area contributed by atoms with Crippen molar-refractivity contribution in [2.45, 2.75) is 0 Å². The SMILES string of the molecule is c1cccc(Nc2ccc(-c3ccccc3)cc2)c#1. The van der Waals surface area contributed by atoms with Gasteiger partial charge in [-0.25, -0.2) is 0 Å². The topological polar surface area (TPSA) is 12.0 Å². The van der Waals surface area contributed by atoms with Gasteiger partial charge in [-0.3, -0.25) is 0 Å². The number of hydrogen-bond acceptors (Lipinski definition) is 1. The van der Waals surface area contributed by atoms with Crippen LogP contribution < -0.4 is 5.32 Å². The van der Waals surface area contributed by atoms with Crippen LogP contribution >= 0.6 is 0 Å². The molecule has 0 amide bonds. The predicted molar refractivity (Wildman–Crippen MR) is 79.3 cm³/mol. The standard InChI is InChI=1S/C18H13N/c1-3-7-15(8-4-1)16-11-13-18(14-12-16)19-17-9-5-2-6-10-17/h1-5,7-9,11-14,19H. The van der Waals surface area contributed by atoms with E-state index in [0.29, 0.717) is 0 Å². The van der Waals surface area contributed by atoms with Gasteiger partial charge in [0.05, 0.1) is 5.69 Å². The first kappa shape index (κ1) is 11.4. The molecule has 3 aromatic carbocycles. The fraction of sp³-hybridized carbons (Fsp3) is 0. The first-order valence-corrected chi connectivity index (χ1v) is 6.23. The summed E-state index contributed by atoms with van der Waals surface area (Å²) < 4.78 is 0. The summed E-state index contributed by atoms with van der Waals surface area (Å²) in [5.41, 5.74) is 4.42. The molecule has 0 atom stereocenters. The fourth-order valence-electron chi connectivity index (χ4n) is 1.96. The molecular formula is C18H13N. The van der Waals surface area contributed by atoms with Crippen molar-refractivity contribution in [1.29, 1.82) is 0 Å². The predicted octanol–water partition coefficient (Wildman–Crippen LogP) is 4.70. The van der Waals surface area contributed by atoms with Gasteiger partial charge in [-0.2, -0.15) is 0 Å². The summed E-state index contributed by atoms with van der Waals surface area (Å²) in [6.07, 6.45) is 0. The Balaban J connectivity index is 1.80. The Hall–Kier alpha value is -2.72. The van der Waals surface area contributed by atoms with Crippen LogP contribution in [0.4, 0.5) is 11.4 Å². The highest BCUT2D eigenvalue weighted by atomic mass is 14.9. The molecule has 19 heavy (non-hydrogen) atoms. The molecule has 0 saturated carbocycles. The molecule has 90 valence electrons. The zero-order valence-corrected chi connectivity index (χ0v) is 10.4. The zero-order chi connectivity index (χ0) is 12.9.